The minimum atomic E-state index is 0.435. The Labute approximate surface area is 55.9 Å². The fraction of sp³-hybridized carbons (Fsp3) is 0.875. The minimum Gasteiger partial charge on any atom is -0.313 e. The van der Waals surface area contributed by atoms with Gasteiger partial charge in [0, 0.05) is 11.8 Å². The summed E-state index contributed by atoms with van der Waals surface area (Å²) in [5.41, 5.74) is 0. The van der Waals surface area contributed by atoms with Gasteiger partial charge >= 0.3 is 0 Å². The lowest BCUT2D eigenvalue weighted by Crippen LogP contribution is -2.06. The van der Waals surface area contributed by atoms with Crippen molar-refractivity contribution in [2.24, 2.45) is 11.8 Å². The zero-order valence-corrected chi connectivity index (χ0v) is 5.51. The molecule has 0 aromatic rings. The van der Waals surface area contributed by atoms with Crippen LogP contribution in [0.5, 0.6) is 0 Å². The van der Waals surface area contributed by atoms with Crippen molar-refractivity contribution in [2.45, 2.75) is 31.7 Å². The van der Waals surface area contributed by atoms with Crippen molar-refractivity contribution in [1.29, 1.82) is 0 Å². The van der Waals surface area contributed by atoms with E-state index in [2.05, 4.69) is 4.85 Å². The van der Waals surface area contributed by atoms with Crippen molar-refractivity contribution in [3.8, 4) is 0 Å². The third-order valence-electron chi connectivity index (χ3n) is 2.36. The molecule has 0 heterocycles. The Morgan fingerprint density at radius 3 is 1.78 bits per heavy atom. The molecule has 0 aliphatic heterocycles. The lowest BCUT2D eigenvalue weighted by molar-refractivity contribution is 0.602. The molecule has 0 saturated heterocycles. The summed E-state index contributed by atoms with van der Waals surface area (Å²) in [5, 5.41) is 0. The largest absolute Gasteiger partial charge is 0.313 e. The molecule has 9 heavy (non-hydrogen) atoms. The highest BCUT2D eigenvalue weighted by Gasteiger charge is 2.46. The summed E-state index contributed by atoms with van der Waals surface area (Å²) in [7, 11) is 0. The van der Waals surface area contributed by atoms with Crippen LogP contribution in [-0.4, -0.2) is 6.04 Å². The monoisotopic (exact) mass is 121 g/mol. The number of hydrogen-bond acceptors (Lipinski definition) is 0. The van der Waals surface area contributed by atoms with Crippen LogP contribution in [0.4, 0.5) is 0 Å². The second kappa shape index (κ2) is 1.73. The molecule has 0 atom stereocenters. The van der Waals surface area contributed by atoms with Crippen LogP contribution in [0, 0.1) is 18.4 Å². The Morgan fingerprint density at radius 1 is 1.11 bits per heavy atom. The van der Waals surface area contributed by atoms with E-state index in [-0.39, 0.29) is 0 Å². The molecule has 2 aliphatic carbocycles. The highest BCUT2D eigenvalue weighted by molar-refractivity contribution is 5.02. The lowest BCUT2D eigenvalue weighted by Gasteiger charge is -1.97. The minimum absolute atomic E-state index is 0.435. The van der Waals surface area contributed by atoms with Gasteiger partial charge in [-0.15, -0.1) is 0 Å². The molecule has 2 aliphatic rings. The van der Waals surface area contributed by atoms with E-state index in [0.717, 1.165) is 11.8 Å². The predicted molar refractivity (Wildman–Crippen MR) is 35.8 cm³/mol. The van der Waals surface area contributed by atoms with Crippen LogP contribution in [0.3, 0.4) is 0 Å². The molecule has 1 heteroatoms. The summed E-state index contributed by atoms with van der Waals surface area (Å²) in [6.45, 7) is 6.93. The summed E-state index contributed by atoms with van der Waals surface area (Å²) in [6.07, 6.45) is 5.35. The third-order valence-corrected chi connectivity index (χ3v) is 2.36. The van der Waals surface area contributed by atoms with E-state index >= 15 is 0 Å². The standard InChI is InChI=1S/C8H11N/c1-9-8(6-2-3-6)7-4-5-7/h6-8H,2-5H2. The van der Waals surface area contributed by atoms with E-state index in [1.54, 1.807) is 0 Å². The van der Waals surface area contributed by atoms with Gasteiger partial charge in [0.15, 0.2) is 0 Å². The van der Waals surface area contributed by atoms with Crippen LogP contribution in [0.25, 0.3) is 4.85 Å². The van der Waals surface area contributed by atoms with Crippen LogP contribution >= 0.6 is 0 Å². The molecule has 0 N–H and O–H groups in total. The summed E-state index contributed by atoms with van der Waals surface area (Å²) >= 11 is 0. The molecule has 0 spiro atoms. The molecule has 0 aromatic carbocycles. The topological polar surface area (TPSA) is 4.36 Å². The number of rotatable bonds is 2. The van der Waals surface area contributed by atoms with Gasteiger partial charge in [-0.05, 0) is 25.7 Å². The van der Waals surface area contributed by atoms with Crippen LogP contribution in [-0.2, 0) is 0 Å². The summed E-state index contributed by atoms with van der Waals surface area (Å²) in [5.74, 6) is 1.63. The fourth-order valence-electron chi connectivity index (χ4n) is 1.47. The van der Waals surface area contributed by atoms with Gasteiger partial charge in [0.1, 0.15) is 0 Å². The first kappa shape index (κ1) is 5.29. The quantitative estimate of drug-likeness (QED) is 0.493. The van der Waals surface area contributed by atoms with Gasteiger partial charge in [-0.25, -0.2) is 6.57 Å². The summed E-state index contributed by atoms with van der Waals surface area (Å²) < 4.78 is 0. The first-order chi connectivity index (χ1) is 4.42. The molecule has 1 nitrogen and oxygen atoms in total. The molecular weight excluding hydrogens is 110 g/mol. The molecule has 0 aromatic heterocycles. The molecule has 0 amide bonds. The van der Waals surface area contributed by atoms with Crippen molar-refractivity contribution >= 4 is 0 Å². The van der Waals surface area contributed by atoms with Gasteiger partial charge < -0.3 is 4.85 Å². The van der Waals surface area contributed by atoms with Crippen molar-refractivity contribution in [1.82, 2.24) is 0 Å². The second-order valence-electron chi connectivity index (χ2n) is 3.29. The van der Waals surface area contributed by atoms with Crippen molar-refractivity contribution in [2.75, 3.05) is 0 Å². The average Bonchev–Trinajstić information content (AvgIpc) is 2.61. The zero-order valence-electron chi connectivity index (χ0n) is 5.51. The number of hydrogen-bond donors (Lipinski definition) is 0. The van der Waals surface area contributed by atoms with Gasteiger partial charge in [0.25, 0.3) is 0 Å². The maximum absolute atomic E-state index is 6.93. The van der Waals surface area contributed by atoms with Gasteiger partial charge in [-0.3, -0.25) is 0 Å². The average molecular weight is 121 g/mol. The Hall–Kier alpha value is -0.510. The van der Waals surface area contributed by atoms with E-state index in [9.17, 15) is 0 Å². The molecule has 2 fully saturated rings. The van der Waals surface area contributed by atoms with E-state index in [1.165, 1.54) is 25.7 Å². The maximum Gasteiger partial charge on any atom is 0.229 e. The first-order valence-corrected chi connectivity index (χ1v) is 3.78. The normalized spacial score (nSPS) is 26.2. The highest BCUT2D eigenvalue weighted by atomic mass is 14.8. The van der Waals surface area contributed by atoms with Gasteiger partial charge in [-0.2, -0.15) is 0 Å². The van der Waals surface area contributed by atoms with E-state index in [0.29, 0.717) is 6.04 Å². The van der Waals surface area contributed by atoms with Crippen LogP contribution in [0.2, 0.25) is 0 Å². The summed E-state index contributed by atoms with van der Waals surface area (Å²) in [4.78, 5) is 3.66. The van der Waals surface area contributed by atoms with Gasteiger partial charge in [-0.1, -0.05) is 0 Å². The van der Waals surface area contributed by atoms with E-state index in [4.69, 9.17) is 6.57 Å². The third kappa shape index (κ3) is 0.941. The zero-order chi connectivity index (χ0) is 6.27. The molecule has 0 radical (unpaired) electrons. The van der Waals surface area contributed by atoms with Gasteiger partial charge in [0.05, 0.1) is 0 Å². The SMILES string of the molecule is [C-]#[N+]C(C1CC1)C1CC1. The van der Waals surface area contributed by atoms with Gasteiger partial charge in [0.2, 0.25) is 6.04 Å². The van der Waals surface area contributed by atoms with Crippen LogP contribution < -0.4 is 0 Å². The van der Waals surface area contributed by atoms with Crippen molar-refractivity contribution < 1.29 is 0 Å². The van der Waals surface area contributed by atoms with Crippen molar-refractivity contribution in [3.63, 3.8) is 0 Å². The maximum atomic E-state index is 6.93. The number of nitrogens with zero attached hydrogens (tertiary/aromatic N) is 1. The Kier molecular flexibility index (Phi) is 1.02. The highest BCUT2D eigenvalue weighted by Crippen LogP contribution is 2.46. The van der Waals surface area contributed by atoms with E-state index < -0.39 is 0 Å². The smallest absolute Gasteiger partial charge is 0.229 e. The lowest BCUT2D eigenvalue weighted by atomic mass is 10.1. The molecular formula is C8H11N. The fourth-order valence-corrected chi connectivity index (χ4v) is 1.47. The Bertz CT molecular complexity index is 136. The summed E-state index contributed by atoms with van der Waals surface area (Å²) in [6, 6.07) is 0.435. The predicted octanol–water partition coefficient (Wildman–Crippen LogP) is 2.09. The second-order valence-corrected chi connectivity index (χ2v) is 3.29. The Morgan fingerprint density at radius 2 is 1.56 bits per heavy atom. The van der Waals surface area contributed by atoms with Crippen LogP contribution in [0.15, 0.2) is 0 Å². The Balaban J connectivity index is 1.94. The first-order valence-electron chi connectivity index (χ1n) is 3.78. The molecule has 0 unspecified atom stereocenters. The molecule has 2 rings (SSSR count). The molecule has 2 saturated carbocycles. The molecule has 0 bridgehead atoms. The van der Waals surface area contributed by atoms with E-state index in [1.807, 2.05) is 0 Å². The molecule has 48 valence electrons. The van der Waals surface area contributed by atoms with Crippen LogP contribution in [0.1, 0.15) is 25.7 Å². The van der Waals surface area contributed by atoms with Crippen molar-refractivity contribution in [3.05, 3.63) is 11.4 Å².